The maximum atomic E-state index is 11.8. The van der Waals surface area contributed by atoms with Gasteiger partial charge in [0.1, 0.15) is 11.8 Å². The molecule has 5 heteroatoms. The monoisotopic (exact) mass is 251 g/mol. The smallest absolute Gasteiger partial charge is 0.328 e. The highest BCUT2D eigenvalue weighted by Crippen LogP contribution is 2.11. The molecule has 1 amide bonds. The molecule has 98 valence electrons. The topological polar surface area (TPSA) is 64.6 Å². The molecule has 1 N–H and O–H groups in total. The van der Waals surface area contributed by atoms with Gasteiger partial charge < -0.3 is 14.8 Å². The van der Waals surface area contributed by atoms with Crippen molar-refractivity contribution >= 4 is 11.9 Å². The number of benzene rings is 1. The Hall–Kier alpha value is -2.04. The van der Waals surface area contributed by atoms with E-state index in [4.69, 9.17) is 9.47 Å². The van der Waals surface area contributed by atoms with Gasteiger partial charge in [-0.1, -0.05) is 0 Å². The molecule has 1 aromatic carbocycles. The summed E-state index contributed by atoms with van der Waals surface area (Å²) in [5.41, 5.74) is 0.465. The number of methoxy groups -OCH3 is 1. The highest BCUT2D eigenvalue weighted by Gasteiger charge is 2.17. The maximum Gasteiger partial charge on any atom is 0.328 e. The molecule has 0 radical (unpaired) electrons. The molecule has 0 aromatic heterocycles. The van der Waals surface area contributed by atoms with E-state index >= 15 is 0 Å². The average molecular weight is 251 g/mol. The molecule has 0 aliphatic carbocycles. The predicted octanol–water partition coefficient (Wildman–Crippen LogP) is 1.38. The van der Waals surface area contributed by atoms with Crippen molar-refractivity contribution in [3.63, 3.8) is 0 Å². The molecule has 0 spiro atoms. The number of nitrogens with one attached hydrogen (secondary N) is 1. The first-order chi connectivity index (χ1) is 8.58. The van der Waals surface area contributed by atoms with E-state index in [1.54, 1.807) is 45.2 Å². The second kappa shape index (κ2) is 6.64. The minimum absolute atomic E-state index is 0.293. The second-order valence-electron chi connectivity index (χ2n) is 3.68. The molecule has 0 fully saturated rings. The summed E-state index contributed by atoms with van der Waals surface area (Å²) in [5, 5.41) is 2.56. The highest BCUT2D eigenvalue weighted by atomic mass is 16.5. The Morgan fingerprint density at radius 2 is 1.89 bits per heavy atom. The van der Waals surface area contributed by atoms with Gasteiger partial charge in [-0.05, 0) is 38.1 Å². The summed E-state index contributed by atoms with van der Waals surface area (Å²) < 4.78 is 9.80. The van der Waals surface area contributed by atoms with Crippen LogP contribution in [0.15, 0.2) is 24.3 Å². The highest BCUT2D eigenvalue weighted by molar-refractivity contribution is 5.96. The van der Waals surface area contributed by atoms with Crippen LogP contribution in [0.2, 0.25) is 0 Å². The SMILES string of the molecule is CCOC(=O)C(C)NC(=O)c1ccc(OC)cc1. The van der Waals surface area contributed by atoms with Crippen molar-refractivity contribution in [1.29, 1.82) is 0 Å². The van der Waals surface area contributed by atoms with E-state index in [1.807, 2.05) is 0 Å². The summed E-state index contributed by atoms with van der Waals surface area (Å²) in [6.07, 6.45) is 0. The zero-order valence-electron chi connectivity index (χ0n) is 10.7. The van der Waals surface area contributed by atoms with E-state index in [9.17, 15) is 9.59 Å². The van der Waals surface area contributed by atoms with Crippen LogP contribution < -0.4 is 10.1 Å². The summed E-state index contributed by atoms with van der Waals surface area (Å²) in [7, 11) is 1.55. The molecule has 0 heterocycles. The Morgan fingerprint density at radius 3 is 2.39 bits per heavy atom. The fourth-order valence-electron chi connectivity index (χ4n) is 1.35. The van der Waals surface area contributed by atoms with E-state index in [0.717, 1.165) is 0 Å². The first-order valence-corrected chi connectivity index (χ1v) is 5.70. The van der Waals surface area contributed by atoms with E-state index in [-0.39, 0.29) is 5.91 Å². The van der Waals surface area contributed by atoms with Crippen LogP contribution in [-0.4, -0.2) is 31.6 Å². The van der Waals surface area contributed by atoms with Crippen molar-refractivity contribution in [2.45, 2.75) is 19.9 Å². The number of carbonyl (C=O) groups is 2. The van der Waals surface area contributed by atoms with Gasteiger partial charge in [-0.25, -0.2) is 4.79 Å². The second-order valence-corrected chi connectivity index (χ2v) is 3.68. The molecule has 0 saturated heterocycles. The fraction of sp³-hybridized carbons (Fsp3) is 0.385. The molecule has 1 aromatic rings. The number of hydrogen-bond donors (Lipinski definition) is 1. The normalized spacial score (nSPS) is 11.5. The van der Waals surface area contributed by atoms with Crippen molar-refractivity contribution < 1.29 is 19.1 Å². The van der Waals surface area contributed by atoms with Crippen molar-refractivity contribution in [3.8, 4) is 5.75 Å². The van der Waals surface area contributed by atoms with Gasteiger partial charge in [0.25, 0.3) is 5.91 Å². The Kier molecular flexibility index (Phi) is 5.17. The number of hydrogen-bond acceptors (Lipinski definition) is 4. The third kappa shape index (κ3) is 3.76. The lowest BCUT2D eigenvalue weighted by Crippen LogP contribution is -2.39. The van der Waals surface area contributed by atoms with E-state index < -0.39 is 12.0 Å². The van der Waals surface area contributed by atoms with Crippen LogP contribution >= 0.6 is 0 Å². The number of esters is 1. The molecule has 0 saturated carbocycles. The van der Waals surface area contributed by atoms with E-state index in [0.29, 0.717) is 17.9 Å². The molecule has 18 heavy (non-hydrogen) atoms. The Labute approximate surface area is 106 Å². The standard InChI is InChI=1S/C13H17NO4/c1-4-18-13(16)9(2)14-12(15)10-5-7-11(17-3)8-6-10/h5-9H,4H2,1-3H3,(H,14,15). The van der Waals surface area contributed by atoms with Gasteiger partial charge >= 0.3 is 5.97 Å². The van der Waals surface area contributed by atoms with E-state index in [1.165, 1.54) is 0 Å². The first-order valence-electron chi connectivity index (χ1n) is 5.70. The van der Waals surface area contributed by atoms with Gasteiger partial charge in [-0.3, -0.25) is 4.79 Å². The molecule has 1 rings (SSSR count). The van der Waals surface area contributed by atoms with Crippen LogP contribution in [0.3, 0.4) is 0 Å². The molecule has 1 atom stereocenters. The molecular weight excluding hydrogens is 234 g/mol. The minimum atomic E-state index is -0.667. The first kappa shape index (κ1) is 14.0. The fourth-order valence-corrected chi connectivity index (χ4v) is 1.35. The number of carbonyl (C=O) groups excluding carboxylic acids is 2. The van der Waals surface area contributed by atoms with Crippen LogP contribution in [0, 0.1) is 0 Å². The van der Waals surface area contributed by atoms with Gasteiger partial charge in [-0.15, -0.1) is 0 Å². The van der Waals surface area contributed by atoms with Crippen molar-refractivity contribution in [2.24, 2.45) is 0 Å². The molecule has 1 unspecified atom stereocenters. The largest absolute Gasteiger partial charge is 0.497 e. The van der Waals surface area contributed by atoms with Crippen molar-refractivity contribution in [3.05, 3.63) is 29.8 Å². The predicted molar refractivity (Wildman–Crippen MR) is 66.6 cm³/mol. The van der Waals surface area contributed by atoms with Crippen molar-refractivity contribution in [1.82, 2.24) is 5.32 Å². The number of rotatable bonds is 5. The summed E-state index contributed by atoms with van der Waals surface area (Å²) in [6, 6.07) is 5.96. The van der Waals surface area contributed by atoms with Gasteiger partial charge in [0.2, 0.25) is 0 Å². The van der Waals surface area contributed by atoms with Gasteiger partial charge in [0.15, 0.2) is 0 Å². The molecular formula is C13H17NO4. The van der Waals surface area contributed by atoms with Crippen LogP contribution in [0.5, 0.6) is 5.75 Å². The van der Waals surface area contributed by atoms with E-state index in [2.05, 4.69) is 5.32 Å². The number of amides is 1. The Bertz CT molecular complexity index is 414. The Morgan fingerprint density at radius 1 is 1.28 bits per heavy atom. The lowest BCUT2D eigenvalue weighted by atomic mass is 10.2. The quantitative estimate of drug-likeness (QED) is 0.803. The third-order valence-electron chi connectivity index (χ3n) is 2.34. The summed E-state index contributed by atoms with van der Waals surface area (Å²) in [5.74, 6) is -0.0949. The molecule has 0 aliphatic heterocycles. The summed E-state index contributed by atoms with van der Waals surface area (Å²) in [4.78, 5) is 23.2. The van der Waals surface area contributed by atoms with Gasteiger partial charge in [-0.2, -0.15) is 0 Å². The van der Waals surface area contributed by atoms with Crippen LogP contribution in [0.4, 0.5) is 0 Å². The molecule has 0 aliphatic rings. The van der Waals surface area contributed by atoms with Crippen molar-refractivity contribution in [2.75, 3.05) is 13.7 Å². The van der Waals surface area contributed by atoms with Gasteiger partial charge in [0.05, 0.1) is 13.7 Å². The summed E-state index contributed by atoms with van der Waals surface area (Å²) >= 11 is 0. The van der Waals surface area contributed by atoms with Crippen LogP contribution in [-0.2, 0) is 9.53 Å². The molecule has 5 nitrogen and oxygen atoms in total. The lowest BCUT2D eigenvalue weighted by molar-refractivity contribution is -0.144. The van der Waals surface area contributed by atoms with Gasteiger partial charge in [0, 0.05) is 5.56 Å². The number of ether oxygens (including phenoxy) is 2. The average Bonchev–Trinajstić information content (AvgIpc) is 2.39. The Balaban J connectivity index is 2.61. The zero-order valence-corrected chi connectivity index (χ0v) is 10.7. The minimum Gasteiger partial charge on any atom is -0.497 e. The zero-order chi connectivity index (χ0) is 13.5. The van der Waals surface area contributed by atoms with Crippen LogP contribution in [0.25, 0.3) is 0 Å². The third-order valence-corrected chi connectivity index (χ3v) is 2.34. The maximum absolute atomic E-state index is 11.8. The summed E-state index contributed by atoms with van der Waals surface area (Å²) in [6.45, 7) is 3.59. The lowest BCUT2D eigenvalue weighted by Gasteiger charge is -2.12. The van der Waals surface area contributed by atoms with Crippen LogP contribution in [0.1, 0.15) is 24.2 Å². The molecule has 0 bridgehead atoms.